The van der Waals surface area contributed by atoms with Gasteiger partial charge in [-0.25, -0.2) is 4.98 Å². The summed E-state index contributed by atoms with van der Waals surface area (Å²) in [6.45, 7) is 2.82. The first-order chi connectivity index (χ1) is 8.11. The monoisotopic (exact) mass is 253 g/mol. The van der Waals surface area contributed by atoms with Crippen molar-refractivity contribution in [1.82, 2.24) is 9.55 Å². The van der Waals surface area contributed by atoms with Crippen molar-refractivity contribution in [3.63, 3.8) is 0 Å². The van der Waals surface area contributed by atoms with Crippen molar-refractivity contribution in [3.05, 3.63) is 29.0 Å². The number of aliphatic hydroxyl groups excluding tert-OH is 1. The van der Waals surface area contributed by atoms with Crippen LogP contribution < -0.4 is 5.73 Å². The van der Waals surface area contributed by atoms with Gasteiger partial charge < -0.3 is 15.4 Å². The quantitative estimate of drug-likeness (QED) is 0.870. The molecule has 3 N–H and O–H groups in total. The van der Waals surface area contributed by atoms with Gasteiger partial charge in [-0.05, 0) is 31.7 Å². The SMILES string of the molecule is CC(O)Cn1c(CCN)nc2cc(Cl)ccc21. The van der Waals surface area contributed by atoms with Gasteiger partial charge in [-0.2, -0.15) is 0 Å². The molecule has 4 nitrogen and oxygen atoms in total. The molecule has 0 amide bonds. The minimum atomic E-state index is -0.417. The van der Waals surface area contributed by atoms with E-state index in [0.29, 0.717) is 24.5 Å². The number of benzene rings is 1. The zero-order valence-corrected chi connectivity index (χ0v) is 10.5. The lowest BCUT2D eigenvalue weighted by Gasteiger charge is -2.10. The van der Waals surface area contributed by atoms with Gasteiger partial charge in [-0.1, -0.05) is 11.6 Å². The zero-order valence-electron chi connectivity index (χ0n) is 9.73. The molecule has 5 heteroatoms. The minimum Gasteiger partial charge on any atom is -0.392 e. The fourth-order valence-corrected chi connectivity index (χ4v) is 2.11. The van der Waals surface area contributed by atoms with Crippen LogP contribution >= 0.6 is 11.6 Å². The number of aliphatic hydroxyl groups is 1. The molecule has 1 aromatic carbocycles. The summed E-state index contributed by atoms with van der Waals surface area (Å²) in [6.07, 6.45) is 0.276. The smallest absolute Gasteiger partial charge is 0.111 e. The average Bonchev–Trinajstić information content (AvgIpc) is 2.56. The Hall–Kier alpha value is -1.10. The number of hydrogen-bond acceptors (Lipinski definition) is 3. The molecule has 1 atom stereocenters. The summed E-state index contributed by atoms with van der Waals surface area (Å²) in [5.74, 6) is 0.894. The predicted molar refractivity (Wildman–Crippen MR) is 69.2 cm³/mol. The Balaban J connectivity index is 2.54. The summed E-state index contributed by atoms with van der Waals surface area (Å²) in [4.78, 5) is 4.50. The summed E-state index contributed by atoms with van der Waals surface area (Å²) in [7, 11) is 0. The first-order valence-electron chi connectivity index (χ1n) is 5.64. The summed E-state index contributed by atoms with van der Waals surface area (Å²) in [6, 6.07) is 5.58. The van der Waals surface area contributed by atoms with Crippen molar-refractivity contribution in [2.75, 3.05) is 6.54 Å². The van der Waals surface area contributed by atoms with Gasteiger partial charge in [0.2, 0.25) is 0 Å². The van der Waals surface area contributed by atoms with E-state index >= 15 is 0 Å². The fraction of sp³-hybridized carbons (Fsp3) is 0.417. The van der Waals surface area contributed by atoms with Crippen LogP contribution in [-0.4, -0.2) is 27.3 Å². The van der Waals surface area contributed by atoms with E-state index < -0.39 is 6.10 Å². The van der Waals surface area contributed by atoms with Crippen molar-refractivity contribution in [2.24, 2.45) is 5.73 Å². The predicted octanol–water partition coefficient (Wildman–Crippen LogP) is 1.57. The number of hydrogen-bond donors (Lipinski definition) is 2. The van der Waals surface area contributed by atoms with E-state index in [0.717, 1.165) is 16.9 Å². The van der Waals surface area contributed by atoms with Gasteiger partial charge in [0.25, 0.3) is 0 Å². The first-order valence-corrected chi connectivity index (χ1v) is 6.02. The van der Waals surface area contributed by atoms with Crippen LogP contribution in [0.2, 0.25) is 5.02 Å². The van der Waals surface area contributed by atoms with E-state index in [4.69, 9.17) is 17.3 Å². The maximum absolute atomic E-state index is 9.52. The largest absolute Gasteiger partial charge is 0.392 e. The summed E-state index contributed by atoms with van der Waals surface area (Å²) < 4.78 is 2.00. The number of nitrogens with two attached hydrogens (primary N) is 1. The van der Waals surface area contributed by atoms with Gasteiger partial charge in [0.15, 0.2) is 0 Å². The molecule has 0 bridgehead atoms. The van der Waals surface area contributed by atoms with Gasteiger partial charge in [0, 0.05) is 11.4 Å². The van der Waals surface area contributed by atoms with E-state index in [1.807, 2.05) is 22.8 Å². The number of imidazole rings is 1. The van der Waals surface area contributed by atoms with Crippen molar-refractivity contribution >= 4 is 22.6 Å². The molecule has 2 aromatic rings. The highest BCUT2D eigenvalue weighted by molar-refractivity contribution is 6.31. The normalized spacial score (nSPS) is 13.2. The van der Waals surface area contributed by atoms with Crippen molar-refractivity contribution < 1.29 is 5.11 Å². The van der Waals surface area contributed by atoms with Gasteiger partial charge in [0.05, 0.1) is 23.7 Å². The Kier molecular flexibility index (Phi) is 3.66. The van der Waals surface area contributed by atoms with E-state index in [1.54, 1.807) is 6.92 Å². The molecule has 0 radical (unpaired) electrons. The summed E-state index contributed by atoms with van der Waals surface area (Å²) >= 11 is 5.94. The molecule has 0 fully saturated rings. The number of rotatable bonds is 4. The maximum Gasteiger partial charge on any atom is 0.111 e. The molecule has 1 heterocycles. The van der Waals surface area contributed by atoms with Crippen molar-refractivity contribution in [3.8, 4) is 0 Å². The molecule has 92 valence electrons. The Labute approximate surface area is 105 Å². The molecule has 2 rings (SSSR count). The second-order valence-corrected chi connectivity index (χ2v) is 4.60. The molecular weight excluding hydrogens is 238 g/mol. The highest BCUT2D eigenvalue weighted by atomic mass is 35.5. The number of fused-ring (bicyclic) bond motifs is 1. The third-order valence-electron chi connectivity index (χ3n) is 2.60. The highest BCUT2D eigenvalue weighted by Gasteiger charge is 2.11. The second kappa shape index (κ2) is 5.04. The molecule has 0 saturated carbocycles. The number of halogens is 1. The van der Waals surface area contributed by atoms with Crippen LogP contribution in [0.1, 0.15) is 12.7 Å². The molecule has 1 aromatic heterocycles. The summed E-state index contributed by atoms with van der Waals surface area (Å²) in [5, 5.41) is 10.2. The Morgan fingerprint density at radius 2 is 2.29 bits per heavy atom. The third-order valence-corrected chi connectivity index (χ3v) is 2.84. The fourth-order valence-electron chi connectivity index (χ4n) is 1.94. The maximum atomic E-state index is 9.52. The topological polar surface area (TPSA) is 64.1 Å². The summed E-state index contributed by atoms with van der Waals surface area (Å²) in [5.41, 5.74) is 7.40. The minimum absolute atomic E-state index is 0.417. The van der Waals surface area contributed by atoms with Crippen molar-refractivity contribution in [2.45, 2.75) is 26.0 Å². The first kappa shape index (κ1) is 12.4. The average molecular weight is 254 g/mol. The molecule has 0 aliphatic heterocycles. The van der Waals surface area contributed by atoms with Crippen LogP contribution in [-0.2, 0) is 13.0 Å². The molecule has 0 aliphatic rings. The van der Waals surface area contributed by atoms with Gasteiger partial charge >= 0.3 is 0 Å². The number of aromatic nitrogens is 2. The van der Waals surface area contributed by atoms with Crippen LogP contribution in [0.25, 0.3) is 11.0 Å². The van der Waals surface area contributed by atoms with E-state index in [1.165, 1.54) is 0 Å². The molecule has 1 unspecified atom stereocenters. The lowest BCUT2D eigenvalue weighted by Crippen LogP contribution is -2.16. The molecular formula is C12H16ClN3O. The lowest BCUT2D eigenvalue weighted by atomic mass is 10.3. The second-order valence-electron chi connectivity index (χ2n) is 4.16. The standard InChI is InChI=1S/C12H16ClN3O/c1-8(17)7-16-11-3-2-9(13)6-10(11)15-12(16)4-5-14/h2-3,6,8,17H,4-5,7,14H2,1H3. The Bertz CT molecular complexity index is 522. The van der Waals surface area contributed by atoms with Crippen molar-refractivity contribution in [1.29, 1.82) is 0 Å². The zero-order chi connectivity index (χ0) is 12.4. The van der Waals surface area contributed by atoms with Gasteiger partial charge in [-0.15, -0.1) is 0 Å². The van der Waals surface area contributed by atoms with Crippen LogP contribution in [0.3, 0.4) is 0 Å². The van der Waals surface area contributed by atoms with Crippen LogP contribution in [0.4, 0.5) is 0 Å². The molecule has 0 saturated heterocycles. The Morgan fingerprint density at radius 3 is 2.94 bits per heavy atom. The third kappa shape index (κ3) is 2.60. The van der Waals surface area contributed by atoms with E-state index in [9.17, 15) is 5.11 Å². The van der Waals surface area contributed by atoms with Gasteiger partial charge in [0.1, 0.15) is 5.82 Å². The molecule has 0 aliphatic carbocycles. The van der Waals surface area contributed by atoms with E-state index in [-0.39, 0.29) is 0 Å². The lowest BCUT2D eigenvalue weighted by molar-refractivity contribution is 0.174. The van der Waals surface area contributed by atoms with Crippen LogP contribution in [0.5, 0.6) is 0 Å². The van der Waals surface area contributed by atoms with Gasteiger partial charge in [-0.3, -0.25) is 0 Å². The Morgan fingerprint density at radius 1 is 1.53 bits per heavy atom. The van der Waals surface area contributed by atoms with Crippen LogP contribution in [0.15, 0.2) is 18.2 Å². The highest BCUT2D eigenvalue weighted by Crippen LogP contribution is 2.21. The van der Waals surface area contributed by atoms with E-state index in [2.05, 4.69) is 4.98 Å². The number of nitrogens with zero attached hydrogens (tertiary/aromatic N) is 2. The molecule has 0 spiro atoms. The molecule has 17 heavy (non-hydrogen) atoms. The van der Waals surface area contributed by atoms with Crippen LogP contribution in [0, 0.1) is 0 Å².